The Labute approximate surface area is 210 Å². The van der Waals surface area contributed by atoms with Gasteiger partial charge in [0.05, 0.1) is 52.4 Å². The molecule has 2 atom stereocenters. The second-order valence-electron chi connectivity index (χ2n) is 9.95. The van der Waals surface area contributed by atoms with Crippen molar-refractivity contribution in [2.75, 3.05) is 13.6 Å². The zero-order valence-electron chi connectivity index (χ0n) is 22.0. The monoisotopic (exact) mass is 490 g/mol. The molecular weight excluding hydrogens is 456 g/mol. The summed E-state index contributed by atoms with van der Waals surface area (Å²) in [5.41, 5.74) is 8.16. The van der Waals surface area contributed by atoms with Gasteiger partial charge in [0, 0.05) is 31.1 Å². The maximum Gasteiger partial charge on any atom is 0.221 e. The van der Waals surface area contributed by atoms with Gasteiger partial charge in [-0.15, -0.1) is 0 Å². The van der Waals surface area contributed by atoms with E-state index in [1.807, 2.05) is 32.5 Å². The van der Waals surface area contributed by atoms with Gasteiger partial charge in [0.1, 0.15) is 11.6 Å². The van der Waals surface area contributed by atoms with Crippen LogP contribution < -0.4 is 4.74 Å². The Morgan fingerprint density at radius 1 is 1.14 bits per heavy atom. The van der Waals surface area contributed by atoms with Crippen molar-refractivity contribution in [1.29, 1.82) is 0 Å². The number of fused-ring (bicyclic) bond motifs is 4. The van der Waals surface area contributed by atoms with E-state index in [1.54, 1.807) is 11.6 Å². The number of aliphatic hydroxyl groups is 1. The number of likely N-dealkylation sites (N-methyl/N-ethyl adjacent to an activating group) is 1. The summed E-state index contributed by atoms with van der Waals surface area (Å²) in [7, 11) is 3.97. The lowest BCUT2D eigenvalue weighted by Crippen LogP contribution is -2.32. The number of nitrogens with one attached hydrogen (secondary N) is 1. The van der Waals surface area contributed by atoms with Crippen molar-refractivity contribution in [3.63, 3.8) is 0 Å². The molecule has 10 nitrogen and oxygen atoms in total. The van der Waals surface area contributed by atoms with Gasteiger partial charge in [0.15, 0.2) is 0 Å². The molecule has 2 bridgehead atoms. The minimum absolute atomic E-state index is 0.101. The molecule has 0 spiro atoms. The average molecular weight is 491 g/mol. The Balaban J connectivity index is 1.72. The predicted octanol–water partition coefficient (Wildman–Crippen LogP) is 3.24. The third-order valence-corrected chi connectivity index (χ3v) is 6.61. The normalized spacial score (nSPS) is 18.4. The molecule has 2 N–H and O–H groups in total. The summed E-state index contributed by atoms with van der Waals surface area (Å²) < 4.78 is 10.2. The van der Waals surface area contributed by atoms with E-state index in [0.717, 1.165) is 56.2 Å². The minimum atomic E-state index is -0.501. The van der Waals surface area contributed by atoms with Crippen molar-refractivity contribution in [2.24, 2.45) is 7.05 Å². The Kier molecular flexibility index (Phi) is 6.17. The first kappa shape index (κ1) is 24.2. The second-order valence-corrected chi connectivity index (χ2v) is 9.95. The molecule has 4 aromatic rings. The topological polar surface area (TPSA) is 110 Å². The number of hydrogen-bond donors (Lipinski definition) is 2. The lowest BCUT2D eigenvalue weighted by Gasteiger charge is -2.23. The fourth-order valence-corrected chi connectivity index (χ4v) is 5.09. The zero-order valence-corrected chi connectivity index (χ0v) is 22.0. The fourth-order valence-electron chi connectivity index (χ4n) is 5.09. The van der Waals surface area contributed by atoms with E-state index in [1.165, 1.54) is 0 Å². The summed E-state index contributed by atoms with van der Waals surface area (Å²) >= 11 is 0. The average Bonchev–Trinajstić information content (AvgIpc) is 3.40. The lowest BCUT2D eigenvalue weighted by molar-refractivity contribution is 0.143. The van der Waals surface area contributed by atoms with Gasteiger partial charge in [0.2, 0.25) is 5.88 Å². The molecule has 5 heterocycles. The summed E-state index contributed by atoms with van der Waals surface area (Å²) in [6, 6.07) is 2.06. The molecule has 36 heavy (non-hydrogen) atoms. The van der Waals surface area contributed by atoms with Crippen LogP contribution in [0.4, 0.5) is 0 Å². The number of aryl methyl sites for hydroxylation is 4. The van der Waals surface area contributed by atoms with Crippen LogP contribution in [0, 0.1) is 20.8 Å². The summed E-state index contributed by atoms with van der Waals surface area (Å²) in [6.07, 6.45) is 3.54. The predicted molar refractivity (Wildman–Crippen MR) is 140 cm³/mol. The Hall–Kier alpha value is -3.50. The second kappa shape index (κ2) is 9.18. The van der Waals surface area contributed by atoms with Crippen LogP contribution in [-0.2, 0) is 20.1 Å². The molecule has 10 heteroatoms. The third-order valence-electron chi connectivity index (χ3n) is 6.61. The maximum atomic E-state index is 10.1. The number of ether oxygens (including phenoxy) is 1. The van der Waals surface area contributed by atoms with E-state index >= 15 is 0 Å². The number of pyridine rings is 1. The number of aliphatic hydroxyl groups excluding tert-OH is 1. The smallest absolute Gasteiger partial charge is 0.221 e. The van der Waals surface area contributed by atoms with Crippen molar-refractivity contribution >= 4 is 23.1 Å². The SMILES string of the molecule is Cc1nn(CC(C)O)c2c1/C=C/c1[nH]nc3c(C)nc(cc13)-c1c(C)nn(C)c1OC(C)CN(C)C2. The molecule has 2 unspecified atom stereocenters. The lowest BCUT2D eigenvalue weighted by atomic mass is 10.1. The molecule has 1 aliphatic heterocycles. The first-order valence-corrected chi connectivity index (χ1v) is 12.3. The van der Waals surface area contributed by atoms with Crippen molar-refractivity contribution in [3.8, 4) is 17.1 Å². The van der Waals surface area contributed by atoms with Crippen LogP contribution in [0.25, 0.3) is 34.3 Å². The summed E-state index contributed by atoms with van der Waals surface area (Å²) in [5.74, 6) is 0.700. The van der Waals surface area contributed by atoms with E-state index < -0.39 is 6.10 Å². The number of rotatable bonds is 2. The van der Waals surface area contributed by atoms with Gasteiger partial charge in [-0.25, -0.2) is 4.68 Å². The Morgan fingerprint density at radius 2 is 1.92 bits per heavy atom. The van der Waals surface area contributed by atoms with Crippen LogP contribution in [-0.4, -0.2) is 70.5 Å². The van der Waals surface area contributed by atoms with Gasteiger partial charge in [-0.2, -0.15) is 15.3 Å². The quantitative estimate of drug-likeness (QED) is 0.444. The first-order chi connectivity index (χ1) is 17.1. The highest BCUT2D eigenvalue weighted by molar-refractivity contribution is 5.93. The van der Waals surface area contributed by atoms with E-state index in [2.05, 4.69) is 52.4 Å². The van der Waals surface area contributed by atoms with Gasteiger partial charge < -0.3 is 9.84 Å². The van der Waals surface area contributed by atoms with Crippen molar-refractivity contribution in [2.45, 2.75) is 59.9 Å². The zero-order chi connectivity index (χ0) is 25.7. The Bertz CT molecular complexity index is 1460. The van der Waals surface area contributed by atoms with Crippen LogP contribution in [0.3, 0.4) is 0 Å². The molecule has 0 amide bonds. The van der Waals surface area contributed by atoms with Gasteiger partial charge in [-0.3, -0.25) is 19.7 Å². The molecule has 0 aromatic carbocycles. The highest BCUT2D eigenvalue weighted by atomic mass is 16.5. The van der Waals surface area contributed by atoms with Crippen LogP contribution >= 0.6 is 0 Å². The van der Waals surface area contributed by atoms with Gasteiger partial charge in [-0.05, 0) is 59.9 Å². The van der Waals surface area contributed by atoms with E-state index in [9.17, 15) is 5.11 Å². The molecule has 5 rings (SSSR count). The molecule has 0 fully saturated rings. The first-order valence-electron chi connectivity index (χ1n) is 12.3. The Morgan fingerprint density at radius 3 is 2.67 bits per heavy atom. The molecule has 0 saturated heterocycles. The number of hydrogen-bond acceptors (Lipinski definition) is 7. The van der Waals surface area contributed by atoms with Crippen LogP contribution in [0.15, 0.2) is 6.07 Å². The molecule has 1 aliphatic rings. The van der Waals surface area contributed by atoms with Crippen molar-refractivity contribution in [1.82, 2.24) is 39.6 Å². The highest BCUT2D eigenvalue weighted by Gasteiger charge is 2.24. The highest BCUT2D eigenvalue weighted by Crippen LogP contribution is 2.35. The largest absolute Gasteiger partial charge is 0.473 e. The minimum Gasteiger partial charge on any atom is -0.473 e. The summed E-state index contributed by atoms with van der Waals surface area (Å²) in [6.45, 7) is 11.6. The summed E-state index contributed by atoms with van der Waals surface area (Å²) in [5, 5.41) is 28.2. The fraction of sp³-hybridized carbons (Fsp3) is 0.462. The van der Waals surface area contributed by atoms with E-state index in [4.69, 9.17) is 14.8 Å². The molecular formula is C26H34N8O2. The van der Waals surface area contributed by atoms with Crippen LogP contribution in [0.2, 0.25) is 0 Å². The number of aromatic amines is 1. The van der Waals surface area contributed by atoms with E-state index in [-0.39, 0.29) is 6.10 Å². The molecule has 190 valence electrons. The van der Waals surface area contributed by atoms with Crippen molar-refractivity contribution < 1.29 is 9.84 Å². The standard InChI is InChI=1S/C26H34N8O2/c1-14(35)11-34-23-13-32(6)12-15(2)36-26-24(17(4)30-33(26)7)22-10-20-21(9-8-19(23)16(3)31-34)28-29-25(20)18(5)27-22/h8-10,14-15,35H,11-13H2,1-7H3,(H,28,29)/b9-8+. The van der Waals surface area contributed by atoms with Gasteiger partial charge >= 0.3 is 0 Å². The molecule has 0 saturated carbocycles. The number of H-pyrrole nitrogens is 1. The van der Waals surface area contributed by atoms with Crippen LogP contribution in [0.5, 0.6) is 5.88 Å². The molecule has 0 radical (unpaired) electrons. The van der Waals surface area contributed by atoms with Crippen LogP contribution in [0.1, 0.15) is 47.9 Å². The van der Waals surface area contributed by atoms with Gasteiger partial charge in [-0.1, -0.05) is 0 Å². The number of nitrogens with zero attached hydrogens (tertiary/aromatic N) is 7. The number of aromatic nitrogens is 7. The molecule has 4 aromatic heterocycles. The third kappa shape index (κ3) is 4.31. The van der Waals surface area contributed by atoms with E-state index in [0.29, 0.717) is 25.5 Å². The van der Waals surface area contributed by atoms with Gasteiger partial charge in [0.25, 0.3) is 0 Å². The molecule has 0 aliphatic carbocycles. The van der Waals surface area contributed by atoms with Crippen molar-refractivity contribution in [3.05, 3.63) is 40.1 Å². The summed E-state index contributed by atoms with van der Waals surface area (Å²) in [4.78, 5) is 7.09. The maximum absolute atomic E-state index is 10.1.